The van der Waals surface area contributed by atoms with E-state index in [1.54, 1.807) is 41.5 Å². The molecule has 0 N–H and O–H groups in total. The minimum atomic E-state index is -0.204. The van der Waals surface area contributed by atoms with E-state index in [1.807, 2.05) is 23.1 Å². The van der Waals surface area contributed by atoms with Gasteiger partial charge in [0.2, 0.25) is 5.65 Å². The molecule has 0 aliphatic carbocycles. The summed E-state index contributed by atoms with van der Waals surface area (Å²) in [6.45, 7) is 2.49. The molecule has 0 saturated carbocycles. The number of likely N-dealkylation sites (tertiary alicyclic amines) is 1. The van der Waals surface area contributed by atoms with E-state index in [-0.39, 0.29) is 18.1 Å². The third-order valence-corrected chi connectivity index (χ3v) is 5.78. The number of halogens is 1. The van der Waals surface area contributed by atoms with Gasteiger partial charge in [0, 0.05) is 18.4 Å². The molecule has 0 unspecified atom stereocenters. The number of para-hydroxylation sites is 1. The number of fused-ring (bicyclic) bond motifs is 1. The van der Waals surface area contributed by atoms with Gasteiger partial charge in [0.25, 0.3) is 11.8 Å². The van der Waals surface area contributed by atoms with E-state index >= 15 is 0 Å². The predicted octanol–water partition coefficient (Wildman–Crippen LogP) is 3.04. The number of carbonyl (C=O) groups is 1. The van der Waals surface area contributed by atoms with Crippen LogP contribution in [0.25, 0.3) is 11.3 Å². The Bertz CT molecular complexity index is 1220. The number of benzene rings is 1. The molecule has 1 aromatic carbocycles. The summed E-state index contributed by atoms with van der Waals surface area (Å²) in [6.07, 6.45) is 9.51. The Morgan fingerprint density at radius 1 is 1.13 bits per heavy atom. The Hall–Kier alpha value is -3.46. The van der Waals surface area contributed by atoms with Crippen molar-refractivity contribution in [2.24, 2.45) is 0 Å². The fourth-order valence-electron chi connectivity index (χ4n) is 3.88. The van der Waals surface area contributed by atoms with Gasteiger partial charge in [-0.1, -0.05) is 23.7 Å². The second-order valence-corrected chi connectivity index (χ2v) is 7.85. The van der Waals surface area contributed by atoms with Crippen molar-refractivity contribution in [3.05, 3.63) is 66.0 Å². The smallest absolute Gasteiger partial charge is 0.258 e. The van der Waals surface area contributed by atoms with Crippen LogP contribution >= 0.6 is 11.6 Å². The number of aromatic nitrogens is 6. The van der Waals surface area contributed by atoms with E-state index in [1.165, 1.54) is 4.80 Å². The first-order valence-electron chi connectivity index (χ1n) is 10.0. The fourth-order valence-corrected chi connectivity index (χ4v) is 4.07. The van der Waals surface area contributed by atoms with Gasteiger partial charge in [-0.25, -0.2) is 9.97 Å². The van der Waals surface area contributed by atoms with Crippen molar-refractivity contribution >= 4 is 23.2 Å². The predicted molar refractivity (Wildman–Crippen MR) is 114 cm³/mol. The standard InChI is InChI=1S/C21H20ClN7O2/c1-14-6-7-15(31-20-19-24-12-18(22)27(19)11-10-23-20)13-28(14)21(30)16-4-2-3-5-17(16)29-25-8-9-26-29/h2-5,8-12,14-15H,6-7,13H2,1H3/t14-,15-/m1/s1. The van der Waals surface area contributed by atoms with Gasteiger partial charge >= 0.3 is 0 Å². The summed E-state index contributed by atoms with van der Waals surface area (Å²) in [5.41, 5.74) is 1.75. The minimum Gasteiger partial charge on any atom is -0.470 e. The quantitative estimate of drug-likeness (QED) is 0.487. The lowest BCUT2D eigenvalue weighted by atomic mass is 9.99. The number of carbonyl (C=O) groups excluding carboxylic acids is 1. The molecule has 10 heteroatoms. The van der Waals surface area contributed by atoms with E-state index in [0.717, 1.165) is 12.8 Å². The van der Waals surface area contributed by atoms with Crippen LogP contribution in [0.5, 0.6) is 5.88 Å². The van der Waals surface area contributed by atoms with Crippen LogP contribution in [0.3, 0.4) is 0 Å². The Morgan fingerprint density at radius 2 is 1.94 bits per heavy atom. The van der Waals surface area contributed by atoms with Gasteiger partial charge in [0.05, 0.1) is 36.4 Å². The molecule has 0 bridgehead atoms. The molecule has 9 nitrogen and oxygen atoms in total. The van der Waals surface area contributed by atoms with Crippen LogP contribution in [0, 0.1) is 0 Å². The maximum Gasteiger partial charge on any atom is 0.258 e. The average molecular weight is 438 g/mol. The number of imidazole rings is 1. The highest BCUT2D eigenvalue weighted by Crippen LogP contribution is 2.26. The number of hydrogen-bond donors (Lipinski definition) is 0. The lowest BCUT2D eigenvalue weighted by Crippen LogP contribution is -2.49. The molecule has 2 atom stereocenters. The minimum absolute atomic E-state index is 0.0793. The van der Waals surface area contributed by atoms with E-state index < -0.39 is 0 Å². The van der Waals surface area contributed by atoms with Gasteiger partial charge in [-0.2, -0.15) is 15.0 Å². The van der Waals surface area contributed by atoms with Gasteiger partial charge < -0.3 is 9.64 Å². The monoisotopic (exact) mass is 437 g/mol. The first kappa shape index (κ1) is 19.5. The Kier molecular flexibility index (Phi) is 5.03. The second kappa shape index (κ2) is 7.99. The molecule has 4 heterocycles. The second-order valence-electron chi connectivity index (χ2n) is 7.47. The maximum atomic E-state index is 13.5. The summed E-state index contributed by atoms with van der Waals surface area (Å²) in [6, 6.07) is 7.42. The number of amides is 1. The molecule has 31 heavy (non-hydrogen) atoms. The summed E-state index contributed by atoms with van der Waals surface area (Å²) in [7, 11) is 0. The van der Waals surface area contributed by atoms with E-state index in [4.69, 9.17) is 16.3 Å². The number of piperidine rings is 1. The zero-order valence-corrected chi connectivity index (χ0v) is 17.6. The summed E-state index contributed by atoms with van der Waals surface area (Å²) in [5, 5.41) is 8.84. The van der Waals surface area contributed by atoms with Crippen molar-refractivity contribution in [3.63, 3.8) is 0 Å². The van der Waals surface area contributed by atoms with Crippen LogP contribution in [-0.4, -0.2) is 58.9 Å². The lowest BCUT2D eigenvalue weighted by molar-refractivity contribution is 0.0375. The molecule has 5 rings (SSSR count). The van der Waals surface area contributed by atoms with Crippen molar-refractivity contribution in [3.8, 4) is 11.6 Å². The molecule has 1 aliphatic heterocycles. The van der Waals surface area contributed by atoms with Gasteiger partial charge in [-0.05, 0) is 31.9 Å². The van der Waals surface area contributed by atoms with Gasteiger partial charge in [-0.3, -0.25) is 9.20 Å². The molecule has 4 aromatic rings. The summed E-state index contributed by atoms with van der Waals surface area (Å²) in [4.78, 5) is 25.4. The summed E-state index contributed by atoms with van der Waals surface area (Å²) in [5.74, 6) is 0.325. The largest absolute Gasteiger partial charge is 0.470 e. The molecule has 158 valence electrons. The van der Waals surface area contributed by atoms with Crippen LogP contribution in [0.2, 0.25) is 5.15 Å². The molecular weight excluding hydrogens is 418 g/mol. The van der Waals surface area contributed by atoms with Crippen molar-refractivity contribution in [2.45, 2.75) is 31.9 Å². The Morgan fingerprint density at radius 3 is 2.77 bits per heavy atom. The zero-order valence-electron chi connectivity index (χ0n) is 16.8. The van der Waals surface area contributed by atoms with Crippen LogP contribution in [-0.2, 0) is 0 Å². The van der Waals surface area contributed by atoms with Crippen LogP contribution in [0.1, 0.15) is 30.1 Å². The molecule has 1 aliphatic rings. The number of ether oxygens (including phenoxy) is 1. The highest BCUT2D eigenvalue weighted by molar-refractivity contribution is 6.29. The highest BCUT2D eigenvalue weighted by atomic mass is 35.5. The van der Waals surface area contributed by atoms with Crippen LogP contribution in [0.15, 0.2) is 55.2 Å². The van der Waals surface area contributed by atoms with E-state index in [0.29, 0.717) is 34.5 Å². The zero-order chi connectivity index (χ0) is 21.4. The summed E-state index contributed by atoms with van der Waals surface area (Å²) < 4.78 is 7.89. The fraction of sp³-hybridized carbons (Fsp3) is 0.286. The maximum absolute atomic E-state index is 13.5. The number of rotatable bonds is 4. The van der Waals surface area contributed by atoms with Gasteiger partial charge in [0.15, 0.2) is 0 Å². The van der Waals surface area contributed by atoms with Gasteiger partial charge in [0.1, 0.15) is 11.3 Å². The van der Waals surface area contributed by atoms with E-state index in [2.05, 4.69) is 27.1 Å². The third-order valence-electron chi connectivity index (χ3n) is 5.50. The molecule has 1 fully saturated rings. The third kappa shape index (κ3) is 3.61. The lowest BCUT2D eigenvalue weighted by Gasteiger charge is -2.38. The SMILES string of the molecule is C[C@@H]1CC[C@@H](Oc2nccn3c(Cl)cnc23)CN1C(=O)c1ccccc1-n1nccn1. The molecule has 3 aromatic heterocycles. The topological polar surface area (TPSA) is 90.4 Å². The average Bonchev–Trinajstić information content (AvgIpc) is 3.46. The molecule has 0 radical (unpaired) electrons. The number of nitrogens with zero attached hydrogens (tertiary/aromatic N) is 7. The van der Waals surface area contributed by atoms with Crippen LogP contribution in [0.4, 0.5) is 0 Å². The van der Waals surface area contributed by atoms with Crippen molar-refractivity contribution in [2.75, 3.05) is 6.54 Å². The first-order valence-corrected chi connectivity index (χ1v) is 10.4. The van der Waals surface area contributed by atoms with Crippen molar-refractivity contribution in [1.82, 2.24) is 34.3 Å². The number of hydrogen-bond acceptors (Lipinski definition) is 6. The summed E-state index contributed by atoms with van der Waals surface area (Å²) >= 11 is 6.15. The molecular formula is C21H20ClN7O2. The van der Waals surface area contributed by atoms with Gasteiger partial charge in [-0.15, -0.1) is 0 Å². The highest BCUT2D eigenvalue weighted by Gasteiger charge is 2.32. The van der Waals surface area contributed by atoms with Crippen molar-refractivity contribution in [1.29, 1.82) is 0 Å². The van der Waals surface area contributed by atoms with E-state index in [9.17, 15) is 4.79 Å². The molecule has 1 amide bonds. The normalized spacial score (nSPS) is 19.0. The van der Waals surface area contributed by atoms with Crippen LogP contribution < -0.4 is 4.74 Å². The molecule has 1 saturated heterocycles. The Labute approximate surface area is 183 Å². The molecule has 0 spiro atoms. The first-order chi connectivity index (χ1) is 15.1. The Balaban J connectivity index is 1.40. The van der Waals surface area contributed by atoms with Crippen molar-refractivity contribution < 1.29 is 9.53 Å².